The van der Waals surface area contributed by atoms with E-state index in [0.717, 1.165) is 159 Å². The average Bonchev–Trinajstić information content (AvgIpc) is 0.871. The summed E-state index contributed by atoms with van der Waals surface area (Å²) < 4.78 is 1.10. The number of nitrogens with zero attached hydrogens (tertiary/aromatic N) is 8. The highest BCUT2D eigenvalue weighted by molar-refractivity contribution is 9.11. The molecule has 3 saturated heterocycles. The summed E-state index contributed by atoms with van der Waals surface area (Å²) in [7, 11) is 0. The first-order chi connectivity index (χ1) is 46.9. The number of hydrogen-bond donors (Lipinski definition) is 7. The summed E-state index contributed by atoms with van der Waals surface area (Å²) in [6.45, 7) is 34.1. The Hall–Kier alpha value is -3.93. The van der Waals surface area contributed by atoms with Gasteiger partial charge >= 0.3 is 0 Å². The molecule has 6 heterocycles. The van der Waals surface area contributed by atoms with Crippen LogP contribution in [0, 0.1) is 0 Å². The Labute approximate surface area is 607 Å². The number of halogens is 1. The number of nitrogens with one attached hydrogen (secondary N) is 1. The van der Waals surface area contributed by atoms with E-state index >= 15 is 0 Å². The molecule has 0 amide bonds. The van der Waals surface area contributed by atoms with Gasteiger partial charge in [0.1, 0.15) is 0 Å². The third-order valence-electron chi connectivity index (χ3n) is 22.8. The van der Waals surface area contributed by atoms with Crippen LogP contribution in [0.5, 0.6) is 0 Å². The van der Waals surface area contributed by atoms with Crippen LogP contribution in [0.2, 0.25) is 0 Å². The number of aromatic nitrogens is 3. The molecule has 3 aromatic carbocycles. The predicted octanol–water partition coefficient (Wildman–Crippen LogP) is 14.5. The van der Waals surface area contributed by atoms with Crippen LogP contribution in [0.15, 0.2) is 69.1 Å². The number of unbranched alkanes of at least 4 members (excludes halogenated alkanes) is 2. The lowest BCUT2D eigenvalue weighted by Crippen LogP contribution is -2.46. The number of hydrogen-bond acceptors (Lipinski definition) is 18. The zero-order valence-corrected chi connectivity index (χ0v) is 64.9. The molecule has 12 rings (SSSR count). The molecule has 0 bridgehead atoms. The van der Waals surface area contributed by atoms with Gasteiger partial charge in [-0.3, -0.25) is 9.80 Å². The van der Waals surface area contributed by atoms with E-state index in [9.17, 15) is 15.3 Å². The smallest absolute Gasteiger partial charge is 0.186 e. The number of aliphatic hydroxyl groups is 6. The molecule has 15 nitrogen and oxygen atoms in total. The van der Waals surface area contributed by atoms with E-state index in [1.165, 1.54) is 95.0 Å². The maximum absolute atomic E-state index is 9.52. The van der Waals surface area contributed by atoms with Gasteiger partial charge in [-0.05, 0) is 217 Å². The third kappa shape index (κ3) is 18.9. The van der Waals surface area contributed by atoms with Crippen LogP contribution in [0.4, 0.5) is 15.4 Å². The standard InChI is InChI=1S/C28H42BrN3O2S.C28H43N3O2S.C23H33N3O2S/c1-27(2)11-12-28(3,4)23-19-20(7-8-22(23)27)24-25(29)35-26(30-24)32-14-9-21(10-15-32)31(16-18-34)13-5-6-17-33;1-27(2)11-12-28(3,4)24-19-21(7-8-23(24)27)25-20-34-26(29-25)31-14-9-22(10-15-31)30(16-18-33)13-5-6-17-32;1-23(2)9-3-4-16-12-17(5-6-20(16)23)21-15-29-22(25-21)26-10-7-18(8-11-26)24-13-19(28)14-27/h7-8,19,21,33-34H,5-6,9-18H2,1-4H3;7-8,19-20,22,32-33H,5-6,9-18H2,1-4H3;5-6,12,15,18-19,24,27-28H,3-4,7-11,13-14H2,1-2H3/t;;19-/m..0/s1. The second-order valence-electron chi connectivity index (χ2n) is 32.1. The summed E-state index contributed by atoms with van der Waals surface area (Å²) in [5.41, 5.74) is 17.0. The largest absolute Gasteiger partial charge is 0.396 e. The van der Waals surface area contributed by atoms with Crippen molar-refractivity contribution >= 4 is 65.3 Å². The lowest BCUT2D eigenvalue weighted by atomic mass is 9.63. The van der Waals surface area contributed by atoms with Crippen molar-refractivity contribution in [3.63, 3.8) is 0 Å². The van der Waals surface area contributed by atoms with Crippen molar-refractivity contribution in [3.8, 4) is 33.8 Å². The van der Waals surface area contributed by atoms with E-state index in [-0.39, 0.29) is 60.1 Å². The summed E-state index contributed by atoms with van der Waals surface area (Å²) in [6, 6.07) is 22.3. The van der Waals surface area contributed by atoms with Gasteiger partial charge in [0, 0.05) is 118 Å². The molecule has 0 radical (unpaired) electrons. The fourth-order valence-corrected chi connectivity index (χ4v) is 19.6. The van der Waals surface area contributed by atoms with Crippen molar-refractivity contribution in [1.29, 1.82) is 0 Å². The van der Waals surface area contributed by atoms with Gasteiger partial charge in [0.2, 0.25) is 0 Å². The summed E-state index contributed by atoms with van der Waals surface area (Å²) >= 11 is 9.06. The van der Waals surface area contributed by atoms with Crippen LogP contribution in [0.3, 0.4) is 0 Å². The van der Waals surface area contributed by atoms with Crippen LogP contribution in [0.25, 0.3) is 33.8 Å². The molecule has 3 fully saturated rings. The summed E-state index contributed by atoms with van der Waals surface area (Å²) in [6.07, 6.45) is 18.0. The molecule has 6 aliphatic rings. The minimum absolute atomic E-state index is 0.186. The first-order valence-corrected chi connectivity index (χ1v) is 40.4. The lowest BCUT2D eigenvalue weighted by Gasteiger charge is -2.42. The Kier molecular flexibility index (Phi) is 26.7. The zero-order valence-electron chi connectivity index (χ0n) is 60.9. The quantitative estimate of drug-likeness (QED) is 0.0283. The molecule has 3 aromatic heterocycles. The van der Waals surface area contributed by atoms with Gasteiger partial charge in [-0.15, -0.1) is 22.7 Å². The Morgan fingerprint density at radius 1 is 0.500 bits per heavy atom. The molecule has 0 unspecified atom stereocenters. The Morgan fingerprint density at radius 3 is 1.41 bits per heavy atom. The topological polar surface area (TPSA) is 188 Å². The van der Waals surface area contributed by atoms with Crippen LogP contribution in [0.1, 0.15) is 205 Å². The Balaban J connectivity index is 0.000000160. The van der Waals surface area contributed by atoms with Crippen molar-refractivity contribution in [1.82, 2.24) is 30.1 Å². The van der Waals surface area contributed by atoms with E-state index in [2.05, 4.69) is 180 Å². The number of aliphatic hydroxyl groups excluding tert-OH is 6. The maximum Gasteiger partial charge on any atom is 0.186 e. The van der Waals surface area contributed by atoms with Gasteiger partial charge in [0.05, 0.1) is 46.8 Å². The molecule has 98 heavy (non-hydrogen) atoms. The molecule has 3 aliphatic heterocycles. The van der Waals surface area contributed by atoms with Gasteiger partial charge in [-0.2, -0.15) is 0 Å². The Bertz CT molecular complexity index is 3490. The number of benzene rings is 3. The van der Waals surface area contributed by atoms with Crippen molar-refractivity contribution in [2.45, 2.75) is 230 Å². The van der Waals surface area contributed by atoms with Gasteiger partial charge in [0.15, 0.2) is 15.4 Å². The molecule has 7 N–H and O–H groups in total. The van der Waals surface area contributed by atoms with Gasteiger partial charge in [0.25, 0.3) is 0 Å². The van der Waals surface area contributed by atoms with Gasteiger partial charge in [-0.25, -0.2) is 15.0 Å². The molecule has 3 aliphatic carbocycles. The summed E-state index contributed by atoms with van der Waals surface area (Å²) in [5, 5.41) is 66.7. The van der Waals surface area contributed by atoms with E-state index < -0.39 is 6.10 Å². The fourth-order valence-electron chi connectivity index (χ4n) is 16.2. The molecule has 6 aromatic rings. The monoisotopic (exact) mass is 1460 g/mol. The van der Waals surface area contributed by atoms with E-state index in [4.69, 9.17) is 30.3 Å². The molecule has 0 saturated carbocycles. The number of aryl methyl sites for hydroxylation is 1. The van der Waals surface area contributed by atoms with Gasteiger partial charge in [-0.1, -0.05) is 117 Å². The van der Waals surface area contributed by atoms with Crippen LogP contribution < -0.4 is 20.0 Å². The van der Waals surface area contributed by atoms with Crippen molar-refractivity contribution in [2.75, 3.05) is 120 Å². The second kappa shape index (κ2) is 34.1. The summed E-state index contributed by atoms with van der Waals surface area (Å²) in [5.74, 6) is 0. The molecule has 1 atom stereocenters. The Morgan fingerprint density at radius 2 is 0.929 bits per heavy atom. The number of fused-ring (bicyclic) bond motifs is 3. The molecule has 540 valence electrons. The molecule has 19 heteroatoms. The number of rotatable bonds is 24. The van der Waals surface area contributed by atoms with Crippen molar-refractivity contribution in [3.05, 3.63) is 103 Å². The lowest BCUT2D eigenvalue weighted by molar-refractivity contribution is 0.0909. The third-order valence-corrected chi connectivity index (χ3v) is 26.4. The molecule has 0 spiro atoms. The highest BCUT2D eigenvalue weighted by Crippen LogP contribution is 2.50. The number of thiazole rings is 3. The van der Waals surface area contributed by atoms with Crippen molar-refractivity contribution in [2.24, 2.45) is 0 Å². The normalized spacial score (nSPS) is 20.1. The maximum atomic E-state index is 9.52. The first-order valence-electron chi connectivity index (χ1n) is 37.1. The minimum atomic E-state index is -0.670. The fraction of sp³-hybridized carbons (Fsp3) is 0.658. The van der Waals surface area contributed by atoms with Gasteiger partial charge < -0.3 is 50.7 Å². The minimum Gasteiger partial charge on any atom is -0.396 e. The van der Waals surface area contributed by atoms with Crippen LogP contribution in [-0.4, -0.2) is 185 Å². The zero-order chi connectivity index (χ0) is 70.0. The molecular formula is C79H118BrN9O6S3. The second-order valence-corrected chi connectivity index (χ2v) is 36.1. The number of anilines is 3. The van der Waals surface area contributed by atoms with Crippen molar-refractivity contribution < 1.29 is 30.6 Å². The van der Waals surface area contributed by atoms with Crippen LogP contribution >= 0.6 is 49.9 Å². The SMILES string of the molecule is CC1(C)CCC(C)(C)c2cc(-c3csc(N4CCC(N(CCO)CCCCO)CC4)n3)ccc21.CC1(C)CCC(C)(C)c2cc(-c3nc(N4CCC(N(CCO)CCCCO)CC4)sc3Br)ccc21.CC1(C)CCCc2cc(-c3csc(N4CCC(NC[C@H](O)CO)CC4)n3)ccc21. The number of piperidine rings is 3. The predicted molar refractivity (Wildman–Crippen MR) is 414 cm³/mol. The first kappa shape index (κ1) is 76.7. The summed E-state index contributed by atoms with van der Waals surface area (Å²) in [4.78, 5) is 27.2. The van der Waals surface area contributed by atoms with E-state index in [1.807, 2.05) is 0 Å². The van der Waals surface area contributed by atoms with E-state index in [0.29, 0.717) is 31.2 Å². The average molecular weight is 1470 g/mol. The van der Waals surface area contributed by atoms with E-state index in [1.54, 1.807) is 34.0 Å². The highest BCUT2D eigenvalue weighted by Gasteiger charge is 2.40. The molecular weight excluding hydrogens is 1350 g/mol. The highest BCUT2D eigenvalue weighted by atomic mass is 79.9. The van der Waals surface area contributed by atoms with Crippen LogP contribution in [-0.2, 0) is 33.5 Å².